The molecule has 0 spiro atoms. The van der Waals surface area contributed by atoms with Gasteiger partial charge in [-0.3, -0.25) is 0 Å². The van der Waals surface area contributed by atoms with E-state index in [0.29, 0.717) is 11.0 Å². The van der Waals surface area contributed by atoms with E-state index in [1.807, 2.05) is 0 Å². The van der Waals surface area contributed by atoms with E-state index in [2.05, 4.69) is 71.7 Å². The van der Waals surface area contributed by atoms with Crippen LogP contribution in [0.5, 0.6) is 0 Å². The molecule has 0 rings (SSSR count). The second kappa shape index (κ2) is 13.8. The van der Waals surface area contributed by atoms with Crippen molar-refractivity contribution in [3.63, 3.8) is 0 Å². The van der Waals surface area contributed by atoms with Gasteiger partial charge in [-0.2, -0.15) is 0 Å². The van der Waals surface area contributed by atoms with Crippen molar-refractivity contribution in [1.29, 1.82) is 0 Å². The molecule has 1 atom stereocenters. The molecule has 27 heavy (non-hydrogen) atoms. The molecule has 0 amide bonds. The van der Waals surface area contributed by atoms with Crippen molar-refractivity contribution in [3.05, 3.63) is 10.2 Å². The van der Waals surface area contributed by atoms with Gasteiger partial charge in [0.15, 0.2) is 0 Å². The summed E-state index contributed by atoms with van der Waals surface area (Å²) < 4.78 is 14.0. The molecule has 1 nitrogen and oxygen atoms in total. The fraction of sp³-hybridized carbons (Fsp3) is 0.917. The van der Waals surface area contributed by atoms with Gasteiger partial charge >= 0.3 is 179 Å². The fourth-order valence-corrected chi connectivity index (χ4v) is 19.0. The first kappa shape index (κ1) is 27.7. The molecule has 0 aromatic heterocycles. The standard InChI is InChI=1S/C12H25OSi.3C4H9.Sn/c1-8-9-11(2)10-13-14(6,7)12(3,4)5;3*1-3-4-2;/h1,8,11H,9-10H2,2-7H3;3*1,3-4H2,2H3;/t11-;;;;/m1..../s1. The van der Waals surface area contributed by atoms with E-state index in [0.717, 1.165) is 6.61 Å². The summed E-state index contributed by atoms with van der Waals surface area (Å²) >= 11 is -2.08. The summed E-state index contributed by atoms with van der Waals surface area (Å²) in [5.74, 6) is 0.642. The van der Waals surface area contributed by atoms with Gasteiger partial charge in [0, 0.05) is 0 Å². The molecule has 0 aromatic carbocycles. The van der Waals surface area contributed by atoms with Gasteiger partial charge < -0.3 is 0 Å². The van der Waals surface area contributed by atoms with Crippen LogP contribution in [0.25, 0.3) is 0 Å². The van der Waals surface area contributed by atoms with E-state index in [1.54, 1.807) is 13.3 Å². The normalized spacial score (nSPS) is 14.9. The molecule has 0 bridgehead atoms. The molecule has 0 saturated heterocycles. The Morgan fingerprint density at radius 2 is 1.33 bits per heavy atom. The van der Waals surface area contributed by atoms with Crippen LogP contribution >= 0.6 is 0 Å². The first-order valence-corrected chi connectivity index (χ1v) is 22.5. The first-order chi connectivity index (χ1) is 12.5. The predicted molar refractivity (Wildman–Crippen MR) is 131 cm³/mol. The maximum absolute atomic E-state index is 6.46. The first-order valence-electron chi connectivity index (χ1n) is 11.8. The number of hydrogen-bond donors (Lipinski definition) is 0. The molecule has 3 heteroatoms. The SMILES string of the molecule is CCC[CH2][Sn](/[CH]=C/C[C@@H](C)CO[Si](C)(C)C(C)(C)C)([CH2]CCC)[CH2]CCC. The summed E-state index contributed by atoms with van der Waals surface area (Å²) in [7, 11) is -1.61. The number of allylic oxidation sites excluding steroid dienone is 1. The number of hydrogen-bond acceptors (Lipinski definition) is 1. The predicted octanol–water partition coefficient (Wildman–Crippen LogP) is 8.98. The summed E-state index contributed by atoms with van der Waals surface area (Å²) in [6.07, 6.45) is 12.3. The zero-order chi connectivity index (χ0) is 21.0. The Balaban J connectivity index is 4.85. The van der Waals surface area contributed by atoms with E-state index >= 15 is 0 Å². The molecule has 0 fully saturated rings. The molecule has 0 heterocycles. The monoisotopic (exact) mass is 504 g/mol. The van der Waals surface area contributed by atoms with Crippen molar-refractivity contribution >= 4 is 26.7 Å². The van der Waals surface area contributed by atoms with Crippen LogP contribution in [-0.4, -0.2) is 33.3 Å². The van der Waals surface area contributed by atoms with Crippen LogP contribution < -0.4 is 0 Å². The van der Waals surface area contributed by atoms with Crippen LogP contribution in [0, 0.1) is 5.92 Å². The topological polar surface area (TPSA) is 9.23 Å². The van der Waals surface area contributed by atoms with Crippen LogP contribution in [0.2, 0.25) is 31.4 Å². The minimum atomic E-state index is -2.08. The van der Waals surface area contributed by atoms with E-state index in [4.69, 9.17) is 4.43 Å². The third-order valence-corrected chi connectivity index (χ3v) is 25.4. The molecular formula is C24H52OSiSn. The van der Waals surface area contributed by atoms with Crippen LogP contribution in [0.4, 0.5) is 0 Å². The zero-order valence-corrected chi connectivity index (χ0v) is 24.3. The Morgan fingerprint density at radius 3 is 1.70 bits per heavy atom. The Hall–Kier alpha value is 0.716. The van der Waals surface area contributed by atoms with Crippen molar-refractivity contribution in [2.75, 3.05) is 6.61 Å². The second-order valence-electron chi connectivity index (χ2n) is 10.5. The molecule has 0 unspecified atom stereocenters. The van der Waals surface area contributed by atoms with Crippen molar-refractivity contribution in [3.8, 4) is 0 Å². The Bertz CT molecular complexity index is 376. The van der Waals surface area contributed by atoms with E-state index in [1.165, 1.54) is 44.9 Å². The molecule has 0 aliphatic carbocycles. The summed E-state index contributed by atoms with van der Waals surface area (Å²) in [5, 5.41) is 0.314. The zero-order valence-electron chi connectivity index (χ0n) is 20.4. The third-order valence-electron chi connectivity index (χ3n) is 6.63. The van der Waals surface area contributed by atoms with Crippen molar-refractivity contribution in [2.45, 2.75) is 125 Å². The minimum absolute atomic E-state index is 0.314. The molecule has 0 aliphatic rings. The van der Waals surface area contributed by atoms with Crippen LogP contribution in [-0.2, 0) is 4.43 Å². The molecule has 0 N–H and O–H groups in total. The quantitative estimate of drug-likeness (QED) is 0.203. The molecule has 0 radical (unpaired) electrons. The average molecular weight is 503 g/mol. The maximum atomic E-state index is 6.46. The van der Waals surface area contributed by atoms with Gasteiger partial charge in [-0.05, 0) is 0 Å². The van der Waals surface area contributed by atoms with Gasteiger partial charge in [0.05, 0.1) is 0 Å². The van der Waals surface area contributed by atoms with Gasteiger partial charge in [-0.1, -0.05) is 0 Å². The van der Waals surface area contributed by atoms with E-state index < -0.39 is 26.7 Å². The summed E-state index contributed by atoms with van der Waals surface area (Å²) in [4.78, 5) is 0. The van der Waals surface area contributed by atoms with Crippen molar-refractivity contribution < 1.29 is 4.43 Å². The van der Waals surface area contributed by atoms with Crippen molar-refractivity contribution in [1.82, 2.24) is 0 Å². The molecule has 0 aromatic rings. The van der Waals surface area contributed by atoms with E-state index in [-0.39, 0.29) is 0 Å². The third kappa shape index (κ3) is 11.5. The fourth-order valence-electron chi connectivity index (χ4n) is 3.40. The van der Waals surface area contributed by atoms with Gasteiger partial charge in [-0.15, -0.1) is 0 Å². The number of unbranched alkanes of at least 4 members (excludes halogenated alkanes) is 3. The molecule has 0 aliphatic heterocycles. The van der Waals surface area contributed by atoms with Gasteiger partial charge in [0.2, 0.25) is 0 Å². The Labute approximate surface area is 178 Å². The van der Waals surface area contributed by atoms with Crippen LogP contribution in [0.3, 0.4) is 0 Å². The summed E-state index contributed by atoms with van der Waals surface area (Å²) in [6, 6.07) is 0. The average Bonchev–Trinajstić information content (AvgIpc) is 2.60. The summed E-state index contributed by atoms with van der Waals surface area (Å²) in [6.45, 7) is 22.1. The van der Waals surface area contributed by atoms with Crippen LogP contribution in [0.15, 0.2) is 10.2 Å². The van der Waals surface area contributed by atoms with E-state index in [9.17, 15) is 0 Å². The second-order valence-corrected chi connectivity index (χ2v) is 28.3. The summed E-state index contributed by atoms with van der Waals surface area (Å²) in [5.41, 5.74) is 0. The van der Waals surface area contributed by atoms with Crippen molar-refractivity contribution in [2.24, 2.45) is 5.92 Å². The number of rotatable bonds is 15. The molecule has 162 valence electrons. The molecular weight excluding hydrogens is 451 g/mol. The van der Waals surface area contributed by atoms with Gasteiger partial charge in [0.25, 0.3) is 0 Å². The van der Waals surface area contributed by atoms with Gasteiger partial charge in [0.1, 0.15) is 0 Å². The Morgan fingerprint density at radius 1 is 0.889 bits per heavy atom. The Kier molecular flexibility index (Phi) is 14.2. The van der Waals surface area contributed by atoms with Crippen LogP contribution in [0.1, 0.15) is 93.4 Å². The van der Waals surface area contributed by atoms with Gasteiger partial charge in [-0.25, -0.2) is 0 Å². The molecule has 0 saturated carbocycles.